The second-order valence-corrected chi connectivity index (χ2v) is 13.3. The normalized spacial score (nSPS) is 22.0. The number of nitrogens with zero attached hydrogens (tertiary/aromatic N) is 2. The second-order valence-electron chi connectivity index (χ2n) is 13.3. The molecule has 0 heterocycles. The first-order valence-electron chi connectivity index (χ1n) is 17.9. The smallest absolute Gasteiger partial charge is 0.313 e. The quantitative estimate of drug-likeness (QED) is 0.0695. The number of benzene rings is 1. The Balaban J connectivity index is 1.37. The number of carbonyl (C=O) groups excluding carboxylic acids is 1. The zero-order valence-corrected chi connectivity index (χ0v) is 27.3. The summed E-state index contributed by atoms with van der Waals surface area (Å²) in [4.78, 5) is 16.7. The number of hydrogen-bond donors (Lipinski definition) is 0. The minimum atomic E-state index is -0.260. The predicted molar refractivity (Wildman–Crippen MR) is 175 cm³/mol. The van der Waals surface area contributed by atoms with Crippen LogP contribution in [0.15, 0.2) is 12.1 Å². The standard InChI is InChI=1S/C38H58N2O3/c1-4-6-7-8-9-10-11-12-13-14-15-16-28-42-35-26-27-36(37(40-3)34(35)29-39)43-38(41)33-24-22-32(23-25-33)31-20-18-30(17-5-2)19-21-31/h26-27,30-33H,4-25,28H2,1-2H3. The Morgan fingerprint density at radius 3 is 1.86 bits per heavy atom. The molecule has 0 saturated heterocycles. The van der Waals surface area contributed by atoms with Crippen molar-refractivity contribution in [3.63, 3.8) is 0 Å². The summed E-state index contributed by atoms with van der Waals surface area (Å²) in [7, 11) is 0. The Bertz CT molecular complexity index is 1020. The molecule has 0 spiro atoms. The molecular formula is C38H58N2O3. The van der Waals surface area contributed by atoms with Gasteiger partial charge in [0.15, 0.2) is 0 Å². The maximum absolute atomic E-state index is 13.1. The molecular weight excluding hydrogens is 532 g/mol. The van der Waals surface area contributed by atoms with Gasteiger partial charge in [0.1, 0.15) is 17.1 Å². The Morgan fingerprint density at radius 2 is 1.33 bits per heavy atom. The molecule has 2 aliphatic rings. The first-order chi connectivity index (χ1) is 21.1. The van der Waals surface area contributed by atoms with Gasteiger partial charge in [-0.05, 0) is 74.8 Å². The number of ether oxygens (including phenoxy) is 2. The molecule has 0 aromatic heterocycles. The number of carbonyl (C=O) groups is 1. The molecule has 0 radical (unpaired) electrons. The van der Waals surface area contributed by atoms with E-state index in [2.05, 4.69) is 24.8 Å². The number of rotatable bonds is 19. The highest BCUT2D eigenvalue weighted by atomic mass is 16.5. The lowest BCUT2D eigenvalue weighted by Crippen LogP contribution is -2.30. The van der Waals surface area contributed by atoms with Crippen molar-refractivity contribution in [2.24, 2.45) is 23.7 Å². The van der Waals surface area contributed by atoms with E-state index in [1.807, 2.05) is 0 Å². The first kappa shape index (κ1) is 35.0. The van der Waals surface area contributed by atoms with E-state index in [0.717, 1.165) is 56.3 Å². The molecule has 3 rings (SSSR count). The molecule has 5 heteroatoms. The van der Waals surface area contributed by atoms with Crippen molar-refractivity contribution in [2.45, 2.75) is 155 Å². The van der Waals surface area contributed by atoms with Crippen LogP contribution in [0.25, 0.3) is 4.85 Å². The molecule has 2 saturated carbocycles. The highest BCUT2D eigenvalue weighted by Crippen LogP contribution is 2.43. The van der Waals surface area contributed by atoms with Crippen LogP contribution in [-0.2, 0) is 4.79 Å². The zero-order chi connectivity index (χ0) is 30.7. The van der Waals surface area contributed by atoms with Gasteiger partial charge in [0, 0.05) is 0 Å². The molecule has 5 nitrogen and oxygen atoms in total. The molecule has 0 aliphatic heterocycles. The van der Waals surface area contributed by atoms with Gasteiger partial charge in [-0.15, -0.1) is 0 Å². The van der Waals surface area contributed by atoms with Crippen LogP contribution in [0.1, 0.15) is 161 Å². The van der Waals surface area contributed by atoms with Gasteiger partial charge in [-0.2, -0.15) is 5.26 Å². The minimum Gasteiger partial charge on any atom is -0.494 e. The summed E-state index contributed by atoms with van der Waals surface area (Å²) in [5.74, 6) is 2.68. The van der Waals surface area contributed by atoms with Crippen LogP contribution in [0.2, 0.25) is 0 Å². The lowest BCUT2D eigenvalue weighted by Gasteiger charge is -2.37. The molecule has 2 aliphatic carbocycles. The van der Waals surface area contributed by atoms with Crippen LogP contribution in [0.5, 0.6) is 11.5 Å². The first-order valence-corrected chi connectivity index (χ1v) is 17.9. The summed E-state index contributed by atoms with van der Waals surface area (Å²) >= 11 is 0. The average molecular weight is 591 g/mol. The fourth-order valence-electron chi connectivity index (χ4n) is 7.47. The van der Waals surface area contributed by atoms with Crippen molar-refractivity contribution in [3.8, 4) is 17.6 Å². The lowest BCUT2D eigenvalue weighted by atomic mass is 9.69. The van der Waals surface area contributed by atoms with Crippen LogP contribution in [0, 0.1) is 41.6 Å². The number of esters is 1. The molecule has 238 valence electrons. The van der Waals surface area contributed by atoms with Gasteiger partial charge >= 0.3 is 5.97 Å². The molecule has 2 fully saturated rings. The Hall–Kier alpha value is -2.53. The maximum Gasteiger partial charge on any atom is 0.313 e. The highest BCUT2D eigenvalue weighted by molar-refractivity contribution is 5.80. The van der Waals surface area contributed by atoms with E-state index < -0.39 is 0 Å². The number of unbranched alkanes of at least 4 members (excludes halogenated alkanes) is 11. The van der Waals surface area contributed by atoms with Crippen molar-refractivity contribution in [2.75, 3.05) is 6.61 Å². The van der Waals surface area contributed by atoms with E-state index >= 15 is 0 Å². The van der Waals surface area contributed by atoms with E-state index in [4.69, 9.17) is 16.0 Å². The van der Waals surface area contributed by atoms with Gasteiger partial charge in [0.05, 0.1) is 25.2 Å². The zero-order valence-electron chi connectivity index (χ0n) is 27.3. The van der Waals surface area contributed by atoms with Gasteiger partial charge in [-0.1, -0.05) is 110 Å². The van der Waals surface area contributed by atoms with E-state index in [1.165, 1.54) is 103 Å². The average Bonchev–Trinajstić information content (AvgIpc) is 3.04. The molecule has 0 N–H and O–H groups in total. The summed E-state index contributed by atoms with van der Waals surface area (Å²) in [5.41, 5.74) is 0.252. The summed E-state index contributed by atoms with van der Waals surface area (Å²) < 4.78 is 11.7. The molecule has 1 aromatic rings. The minimum absolute atomic E-state index is 0.0839. The fourth-order valence-corrected chi connectivity index (χ4v) is 7.47. The van der Waals surface area contributed by atoms with Crippen molar-refractivity contribution in [3.05, 3.63) is 29.1 Å². The van der Waals surface area contributed by atoms with Gasteiger partial charge in [0.2, 0.25) is 5.69 Å². The molecule has 0 unspecified atom stereocenters. The predicted octanol–water partition coefficient (Wildman–Crippen LogP) is 11.5. The topological polar surface area (TPSA) is 63.7 Å². The largest absolute Gasteiger partial charge is 0.494 e. The summed E-state index contributed by atoms with van der Waals surface area (Å²) in [6.07, 6.45) is 27.3. The Kier molecular flexibility index (Phi) is 16.6. The third-order valence-electron chi connectivity index (χ3n) is 10.2. The lowest BCUT2D eigenvalue weighted by molar-refractivity contribution is -0.140. The number of nitriles is 1. The summed E-state index contributed by atoms with van der Waals surface area (Å²) in [6, 6.07) is 5.44. The number of hydrogen-bond acceptors (Lipinski definition) is 4. The fraction of sp³-hybridized carbons (Fsp3) is 0.763. The SMILES string of the molecule is [C-]#[N+]c1c(OC(=O)C2CCC(C3CCC(CCC)CC3)CC2)ccc(OCCCCCCCCCCCCCC)c1C#N. The van der Waals surface area contributed by atoms with Gasteiger partial charge < -0.3 is 9.47 Å². The van der Waals surface area contributed by atoms with E-state index in [-0.39, 0.29) is 28.9 Å². The van der Waals surface area contributed by atoms with Gasteiger partial charge in [0.25, 0.3) is 0 Å². The Labute approximate surface area is 262 Å². The van der Waals surface area contributed by atoms with Crippen LogP contribution in [0.3, 0.4) is 0 Å². The van der Waals surface area contributed by atoms with Crippen LogP contribution in [-0.4, -0.2) is 12.6 Å². The van der Waals surface area contributed by atoms with E-state index in [9.17, 15) is 10.1 Å². The molecule has 43 heavy (non-hydrogen) atoms. The molecule has 0 atom stereocenters. The molecule has 0 amide bonds. The third kappa shape index (κ3) is 11.8. The molecule has 0 bridgehead atoms. The summed E-state index contributed by atoms with van der Waals surface area (Å²) in [6.45, 7) is 12.8. The van der Waals surface area contributed by atoms with Crippen LogP contribution in [0.4, 0.5) is 5.69 Å². The summed E-state index contributed by atoms with van der Waals surface area (Å²) in [5, 5.41) is 9.83. The Morgan fingerprint density at radius 1 is 0.791 bits per heavy atom. The van der Waals surface area contributed by atoms with Crippen LogP contribution >= 0.6 is 0 Å². The van der Waals surface area contributed by atoms with E-state index in [0.29, 0.717) is 12.4 Å². The highest BCUT2D eigenvalue weighted by Gasteiger charge is 2.34. The van der Waals surface area contributed by atoms with Gasteiger partial charge in [-0.25, -0.2) is 4.85 Å². The van der Waals surface area contributed by atoms with Crippen molar-refractivity contribution in [1.82, 2.24) is 0 Å². The maximum atomic E-state index is 13.1. The van der Waals surface area contributed by atoms with E-state index in [1.54, 1.807) is 12.1 Å². The van der Waals surface area contributed by atoms with Crippen molar-refractivity contribution in [1.29, 1.82) is 5.26 Å². The third-order valence-corrected chi connectivity index (χ3v) is 10.2. The molecule has 1 aromatic carbocycles. The second kappa shape index (κ2) is 20.4. The monoisotopic (exact) mass is 590 g/mol. The van der Waals surface area contributed by atoms with Gasteiger partial charge in [-0.3, -0.25) is 4.79 Å². The van der Waals surface area contributed by atoms with Crippen LogP contribution < -0.4 is 9.47 Å². The van der Waals surface area contributed by atoms with Crippen molar-refractivity contribution >= 4 is 11.7 Å². The van der Waals surface area contributed by atoms with Crippen molar-refractivity contribution < 1.29 is 14.3 Å².